The zero-order valence-electron chi connectivity index (χ0n) is 14.1. The van der Waals surface area contributed by atoms with E-state index in [1.54, 1.807) is 18.0 Å². The Morgan fingerprint density at radius 1 is 1.17 bits per heavy atom. The number of carbonyl (C=O) groups excluding carboxylic acids is 1. The molecule has 0 saturated carbocycles. The molecule has 0 spiro atoms. The van der Waals surface area contributed by atoms with Gasteiger partial charge in [-0.1, -0.05) is 48.2 Å². The van der Waals surface area contributed by atoms with Crippen molar-refractivity contribution in [2.75, 3.05) is 13.1 Å². The Morgan fingerprint density at radius 3 is 2.54 bits per heavy atom. The van der Waals surface area contributed by atoms with Gasteiger partial charge in [0, 0.05) is 19.3 Å². The first-order chi connectivity index (χ1) is 11.7. The predicted molar refractivity (Wildman–Crippen MR) is 99.0 cm³/mol. The number of carbonyl (C=O) groups is 1. The fourth-order valence-electron chi connectivity index (χ4n) is 3.21. The van der Waals surface area contributed by atoms with Gasteiger partial charge < -0.3 is 4.90 Å². The van der Waals surface area contributed by atoms with Gasteiger partial charge in [0.2, 0.25) is 5.91 Å². The van der Waals surface area contributed by atoms with Gasteiger partial charge in [-0.05, 0) is 49.8 Å². The SMILES string of the molecule is CC(Sc1ccccn1)C(=O)N1CCC(Cc2ccccc2)CC1. The summed E-state index contributed by atoms with van der Waals surface area (Å²) < 4.78 is 0. The first-order valence-corrected chi connectivity index (χ1v) is 9.51. The summed E-state index contributed by atoms with van der Waals surface area (Å²) in [4.78, 5) is 19.0. The summed E-state index contributed by atoms with van der Waals surface area (Å²) in [5.74, 6) is 0.930. The predicted octanol–water partition coefficient (Wildman–Crippen LogP) is 4.04. The molecule has 2 heterocycles. The Labute approximate surface area is 148 Å². The molecule has 0 N–H and O–H groups in total. The summed E-state index contributed by atoms with van der Waals surface area (Å²) in [6, 6.07) is 16.5. The molecule has 1 atom stereocenters. The molecular weight excluding hydrogens is 316 g/mol. The first-order valence-electron chi connectivity index (χ1n) is 8.63. The number of piperidine rings is 1. The zero-order chi connectivity index (χ0) is 16.8. The molecule has 24 heavy (non-hydrogen) atoms. The van der Waals surface area contributed by atoms with E-state index in [4.69, 9.17) is 0 Å². The first kappa shape index (κ1) is 17.0. The molecule has 2 aromatic rings. The number of hydrogen-bond donors (Lipinski definition) is 0. The lowest BCUT2D eigenvalue weighted by Gasteiger charge is -2.33. The van der Waals surface area contributed by atoms with Crippen LogP contribution in [0.15, 0.2) is 59.8 Å². The second-order valence-electron chi connectivity index (χ2n) is 6.39. The van der Waals surface area contributed by atoms with E-state index in [1.165, 1.54) is 5.56 Å². The Hall–Kier alpha value is -1.81. The lowest BCUT2D eigenvalue weighted by molar-refractivity contribution is -0.131. The molecule has 1 unspecified atom stereocenters. The van der Waals surface area contributed by atoms with Crippen LogP contribution in [0, 0.1) is 5.92 Å². The third-order valence-electron chi connectivity index (χ3n) is 4.58. The van der Waals surface area contributed by atoms with Gasteiger partial charge in [-0.2, -0.15) is 0 Å². The molecule has 1 saturated heterocycles. The number of pyridine rings is 1. The molecule has 1 fully saturated rings. The van der Waals surface area contributed by atoms with E-state index in [0.29, 0.717) is 5.92 Å². The number of aromatic nitrogens is 1. The van der Waals surface area contributed by atoms with Gasteiger partial charge in [0.15, 0.2) is 0 Å². The Bertz CT molecular complexity index is 639. The molecule has 1 aliphatic heterocycles. The molecule has 0 radical (unpaired) electrons. The molecule has 3 nitrogen and oxygen atoms in total. The number of benzene rings is 1. The van der Waals surface area contributed by atoms with Crippen LogP contribution in [0.2, 0.25) is 0 Å². The minimum absolute atomic E-state index is 0.0782. The molecule has 1 aromatic heterocycles. The average molecular weight is 340 g/mol. The van der Waals surface area contributed by atoms with Gasteiger partial charge in [-0.3, -0.25) is 4.79 Å². The van der Waals surface area contributed by atoms with Crippen LogP contribution in [0.1, 0.15) is 25.3 Å². The highest BCUT2D eigenvalue weighted by molar-refractivity contribution is 8.00. The minimum Gasteiger partial charge on any atom is -0.342 e. The maximum Gasteiger partial charge on any atom is 0.235 e. The maximum atomic E-state index is 12.6. The van der Waals surface area contributed by atoms with Gasteiger partial charge in [0.1, 0.15) is 0 Å². The summed E-state index contributed by atoms with van der Waals surface area (Å²) in [5, 5.41) is 0.836. The van der Waals surface area contributed by atoms with Crippen LogP contribution in [-0.2, 0) is 11.2 Å². The molecule has 3 rings (SSSR count). The summed E-state index contributed by atoms with van der Waals surface area (Å²) >= 11 is 1.55. The smallest absolute Gasteiger partial charge is 0.235 e. The third-order valence-corrected chi connectivity index (χ3v) is 5.61. The van der Waals surface area contributed by atoms with Gasteiger partial charge in [0.25, 0.3) is 0 Å². The van der Waals surface area contributed by atoms with Gasteiger partial charge in [0.05, 0.1) is 10.3 Å². The van der Waals surface area contributed by atoms with Gasteiger partial charge >= 0.3 is 0 Å². The molecule has 126 valence electrons. The monoisotopic (exact) mass is 340 g/mol. The van der Waals surface area contributed by atoms with Crippen molar-refractivity contribution in [1.82, 2.24) is 9.88 Å². The number of hydrogen-bond acceptors (Lipinski definition) is 3. The van der Waals surface area contributed by atoms with Crippen LogP contribution in [0.3, 0.4) is 0 Å². The number of nitrogens with zero attached hydrogens (tertiary/aromatic N) is 2. The van der Waals surface area contributed by atoms with E-state index in [1.807, 2.05) is 30.0 Å². The Balaban J connectivity index is 1.48. The number of rotatable bonds is 5. The Kier molecular flexibility index (Phi) is 5.91. The number of amides is 1. The number of likely N-dealkylation sites (tertiary alicyclic amines) is 1. The van der Waals surface area contributed by atoms with Crippen molar-refractivity contribution in [3.8, 4) is 0 Å². The normalized spacial score (nSPS) is 16.8. The van der Waals surface area contributed by atoms with Crippen molar-refractivity contribution >= 4 is 17.7 Å². The standard InChI is InChI=1S/C20H24N2OS/c1-16(24-19-9-5-6-12-21-19)20(23)22-13-10-18(11-14-22)15-17-7-3-2-4-8-17/h2-9,12,16,18H,10-11,13-15H2,1H3. The second kappa shape index (κ2) is 8.34. The maximum absolute atomic E-state index is 12.6. The summed E-state index contributed by atoms with van der Waals surface area (Å²) in [6.07, 6.45) is 5.10. The van der Waals surface area contributed by atoms with Gasteiger partial charge in [-0.25, -0.2) is 4.98 Å². The van der Waals surface area contributed by atoms with E-state index in [-0.39, 0.29) is 11.2 Å². The summed E-state index contributed by atoms with van der Waals surface area (Å²) in [5.41, 5.74) is 1.40. The van der Waals surface area contributed by atoms with Crippen molar-refractivity contribution in [3.63, 3.8) is 0 Å². The Morgan fingerprint density at radius 2 is 1.88 bits per heavy atom. The molecule has 0 aliphatic carbocycles. The quantitative estimate of drug-likeness (QED) is 0.770. The van der Waals surface area contributed by atoms with E-state index in [2.05, 4.69) is 35.3 Å². The van der Waals surface area contributed by atoms with Crippen LogP contribution < -0.4 is 0 Å². The van der Waals surface area contributed by atoms with Crippen LogP contribution in [0.5, 0.6) is 0 Å². The molecule has 1 aromatic carbocycles. The molecule has 1 amide bonds. The van der Waals surface area contributed by atoms with Crippen molar-refractivity contribution in [3.05, 3.63) is 60.3 Å². The minimum atomic E-state index is -0.0782. The highest BCUT2D eigenvalue weighted by Gasteiger charge is 2.26. The van der Waals surface area contributed by atoms with Gasteiger partial charge in [-0.15, -0.1) is 0 Å². The average Bonchev–Trinajstić information content (AvgIpc) is 2.63. The second-order valence-corrected chi connectivity index (χ2v) is 7.75. The van der Waals surface area contributed by atoms with Crippen molar-refractivity contribution in [1.29, 1.82) is 0 Å². The van der Waals surface area contributed by atoms with E-state index in [9.17, 15) is 4.79 Å². The highest BCUT2D eigenvalue weighted by atomic mass is 32.2. The summed E-state index contributed by atoms with van der Waals surface area (Å²) in [7, 11) is 0. The largest absolute Gasteiger partial charge is 0.342 e. The highest BCUT2D eigenvalue weighted by Crippen LogP contribution is 2.26. The van der Waals surface area contributed by atoms with Crippen molar-refractivity contribution in [2.45, 2.75) is 36.5 Å². The molecular formula is C20H24N2OS. The van der Waals surface area contributed by atoms with Crippen LogP contribution in [0.4, 0.5) is 0 Å². The van der Waals surface area contributed by atoms with Crippen LogP contribution in [-0.4, -0.2) is 34.1 Å². The van der Waals surface area contributed by atoms with E-state index in [0.717, 1.165) is 37.4 Å². The van der Waals surface area contributed by atoms with E-state index < -0.39 is 0 Å². The topological polar surface area (TPSA) is 33.2 Å². The third kappa shape index (κ3) is 4.60. The van der Waals surface area contributed by atoms with Crippen LogP contribution >= 0.6 is 11.8 Å². The van der Waals surface area contributed by atoms with Crippen LogP contribution in [0.25, 0.3) is 0 Å². The number of thioether (sulfide) groups is 1. The van der Waals surface area contributed by atoms with Crippen molar-refractivity contribution in [2.24, 2.45) is 5.92 Å². The molecule has 0 bridgehead atoms. The van der Waals surface area contributed by atoms with Crippen molar-refractivity contribution < 1.29 is 4.79 Å². The lowest BCUT2D eigenvalue weighted by Crippen LogP contribution is -2.42. The summed E-state index contributed by atoms with van der Waals surface area (Å²) in [6.45, 7) is 3.74. The lowest BCUT2D eigenvalue weighted by atomic mass is 9.90. The molecule has 1 aliphatic rings. The fraction of sp³-hybridized carbons (Fsp3) is 0.400. The fourth-order valence-corrected chi connectivity index (χ4v) is 4.10. The zero-order valence-corrected chi connectivity index (χ0v) is 14.9. The molecule has 4 heteroatoms. The van der Waals surface area contributed by atoms with E-state index >= 15 is 0 Å².